The highest BCUT2D eigenvalue weighted by Gasteiger charge is 2.27. The smallest absolute Gasteiger partial charge is 0.172 e. The van der Waals surface area contributed by atoms with Gasteiger partial charge in [-0.2, -0.15) is 0 Å². The van der Waals surface area contributed by atoms with Crippen molar-refractivity contribution in [2.45, 2.75) is 45.1 Å². The predicted octanol–water partition coefficient (Wildman–Crippen LogP) is 4.51. The minimum Gasteiger partial charge on any atom is -0.493 e. The molecule has 0 amide bonds. The van der Waals surface area contributed by atoms with Gasteiger partial charge in [-0.15, -0.1) is 0 Å². The molecule has 0 radical (unpaired) electrons. The van der Waals surface area contributed by atoms with E-state index in [0.29, 0.717) is 28.0 Å². The zero-order chi connectivity index (χ0) is 14.5. The van der Waals surface area contributed by atoms with Gasteiger partial charge in [-0.05, 0) is 37.7 Å². The fourth-order valence-corrected chi connectivity index (χ4v) is 3.12. The maximum atomic E-state index is 11.2. The Labute approximate surface area is 125 Å². The van der Waals surface area contributed by atoms with E-state index in [9.17, 15) is 4.79 Å². The van der Waals surface area contributed by atoms with E-state index in [2.05, 4.69) is 6.92 Å². The highest BCUT2D eigenvalue weighted by molar-refractivity contribution is 6.31. The Kier molecular flexibility index (Phi) is 5.30. The van der Waals surface area contributed by atoms with Crippen molar-refractivity contribution in [3.05, 3.63) is 22.7 Å². The van der Waals surface area contributed by atoms with Gasteiger partial charge in [0, 0.05) is 11.1 Å². The van der Waals surface area contributed by atoms with Crippen LogP contribution in [0.2, 0.25) is 5.02 Å². The molecule has 1 aliphatic rings. The summed E-state index contributed by atoms with van der Waals surface area (Å²) in [4.78, 5) is 11.2. The molecule has 0 aromatic heterocycles. The average molecular weight is 297 g/mol. The number of hydrogen-bond donors (Lipinski definition) is 0. The van der Waals surface area contributed by atoms with E-state index < -0.39 is 0 Å². The molecular weight excluding hydrogens is 276 g/mol. The average Bonchev–Trinajstić information content (AvgIpc) is 2.48. The molecule has 2 atom stereocenters. The lowest BCUT2D eigenvalue weighted by Gasteiger charge is -2.32. The van der Waals surface area contributed by atoms with Crippen molar-refractivity contribution in [1.82, 2.24) is 0 Å². The van der Waals surface area contributed by atoms with Gasteiger partial charge in [0.1, 0.15) is 6.10 Å². The first kappa shape index (κ1) is 15.2. The van der Waals surface area contributed by atoms with Crippen molar-refractivity contribution in [1.29, 1.82) is 0 Å². The molecule has 0 N–H and O–H groups in total. The Morgan fingerprint density at radius 2 is 2.10 bits per heavy atom. The minimum absolute atomic E-state index is 0.155. The third kappa shape index (κ3) is 3.26. The highest BCUT2D eigenvalue weighted by Crippen LogP contribution is 2.38. The molecule has 3 nitrogen and oxygen atoms in total. The molecule has 2 rings (SSSR count). The van der Waals surface area contributed by atoms with Crippen LogP contribution in [0.25, 0.3) is 0 Å². The monoisotopic (exact) mass is 296 g/mol. The van der Waals surface area contributed by atoms with Crippen LogP contribution in [0.15, 0.2) is 12.1 Å². The second-order valence-corrected chi connectivity index (χ2v) is 5.69. The molecule has 1 aromatic carbocycles. The van der Waals surface area contributed by atoms with Gasteiger partial charge in [-0.25, -0.2) is 0 Å². The molecule has 0 spiro atoms. The SMILES string of the molecule is CCC1CCCCC1Oc1c(C=O)cc(Cl)cc1OC. The quantitative estimate of drug-likeness (QED) is 0.750. The third-order valence-electron chi connectivity index (χ3n) is 4.03. The van der Waals surface area contributed by atoms with Gasteiger partial charge in [0.2, 0.25) is 0 Å². The van der Waals surface area contributed by atoms with Gasteiger partial charge < -0.3 is 9.47 Å². The molecule has 1 saturated carbocycles. The topological polar surface area (TPSA) is 35.5 Å². The molecule has 4 heteroatoms. The summed E-state index contributed by atoms with van der Waals surface area (Å²) in [6.45, 7) is 2.19. The Hall–Kier alpha value is -1.22. The number of aldehydes is 1. The van der Waals surface area contributed by atoms with E-state index in [0.717, 1.165) is 19.1 Å². The van der Waals surface area contributed by atoms with Crippen molar-refractivity contribution in [2.75, 3.05) is 7.11 Å². The van der Waals surface area contributed by atoms with Crippen molar-refractivity contribution in [2.24, 2.45) is 5.92 Å². The lowest BCUT2D eigenvalue weighted by Crippen LogP contribution is -2.30. The number of methoxy groups -OCH3 is 1. The number of hydrogen-bond acceptors (Lipinski definition) is 3. The number of rotatable bonds is 5. The predicted molar refractivity (Wildman–Crippen MR) is 80.1 cm³/mol. The number of carbonyl (C=O) groups excluding carboxylic acids is 1. The molecule has 2 unspecified atom stereocenters. The fourth-order valence-electron chi connectivity index (χ4n) is 2.90. The maximum absolute atomic E-state index is 11.2. The maximum Gasteiger partial charge on any atom is 0.172 e. The van der Waals surface area contributed by atoms with E-state index >= 15 is 0 Å². The van der Waals surface area contributed by atoms with E-state index in [1.807, 2.05) is 0 Å². The molecule has 1 aliphatic carbocycles. The molecule has 1 aromatic rings. The molecular formula is C16H21ClO3. The van der Waals surface area contributed by atoms with E-state index in [1.54, 1.807) is 19.2 Å². The van der Waals surface area contributed by atoms with Gasteiger partial charge >= 0.3 is 0 Å². The largest absolute Gasteiger partial charge is 0.493 e. The van der Waals surface area contributed by atoms with Crippen LogP contribution in [0.5, 0.6) is 11.5 Å². The van der Waals surface area contributed by atoms with Crippen molar-refractivity contribution in [3.63, 3.8) is 0 Å². The van der Waals surface area contributed by atoms with Crippen molar-refractivity contribution in [3.8, 4) is 11.5 Å². The third-order valence-corrected chi connectivity index (χ3v) is 4.25. The summed E-state index contributed by atoms with van der Waals surface area (Å²) in [6.07, 6.45) is 6.67. The zero-order valence-corrected chi connectivity index (χ0v) is 12.8. The number of benzene rings is 1. The van der Waals surface area contributed by atoms with Gasteiger partial charge in [-0.3, -0.25) is 4.79 Å². The summed E-state index contributed by atoms with van der Waals surface area (Å²) in [5, 5.41) is 0.479. The molecule has 0 heterocycles. The first-order valence-electron chi connectivity index (χ1n) is 7.19. The van der Waals surface area contributed by atoms with Crippen molar-refractivity contribution >= 4 is 17.9 Å². The Balaban J connectivity index is 2.29. The Morgan fingerprint density at radius 1 is 1.35 bits per heavy atom. The fraction of sp³-hybridized carbons (Fsp3) is 0.562. The highest BCUT2D eigenvalue weighted by atomic mass is 35.5. The van der Waals surface area contributed by atoms with E-state index in [4.69, 9.17) is 21.1 Å². The first-order valence-corrected chi connectivity index (χ1v) is 7.56. The van der Waals surface area contributed by atoms with Gasteiger partial charge in [-0.1, -0.05) is 24.9 Å². The summed E-state index contributed by atoms with van der Waals surface area (Å²) < 4.78 is 11.5. The van der Waals surface area contributed by atoms with Crippen LogP contribution < -0.4 is 9.47 Å². The molecule has 1 fully saturated rings. The van der Waals surface area contributed by atoms with Gasteiger partial charge in [0.15, 0.2) is 17.8 Å². The first-order chi connectivity index (χ1) is 9.69. The second kappa shape index (κ2) is 6.98. The van der Waals surface area contributed by atoms with E-state index in [-0.39, 0.29) is 6.10 Å². The minimum atomic E-state index is 0.155. The van der Waals surface area contributed by atoms with Crippen LogP contribution in [0, 0.1) is 5.92 Å². The molecule has 20 heavy (non-hydrogen) atoms. The van der Waals surface area contributed by atoms with Gasteiger partial charge in [0.25, 0.3) is 0 Å². The lowest BCUT2D eigenvalue weighted by molar-refractivity contribution is 0.0854. The summed E-state index contributed by atoms with van der Waals surface area (Å²) in [5.41, 5.74) is 0.453. The number of carbonyl (C=O) groups is 1. The zero-order valence-electron chi connectivity index (χ0n) is 12.0. The van der Waals surface area contributed by atoms with E-state index in [1.165, 1.54) is 19.3 Å². The summed E-state index contributed by atoms with van der Waals surface area (Å²) >= 11 is 5.98. The molecule has 0 saturated heterocycles. The molecule has 110 valence electrons. The van der Waals surface area contributed by atoms with Crippen molar-refractivity contribution < 1.29 is 14.3 Å². The molecule has 0 aliphatic heterocycles. The summed E-state index contributed by atoms with van der Waals surface area (Å²) in [5.74, 6) is 1.60. The second-order valence-electron chi connectivity index (χ2n) is 5.25. The van der Waals surface area contributed by atoms with Crippen LogP contribution >= 0.6 is 11.6 Å². The summed E-state index contributed by atoms with van der Waals surface area (Å²) in [6, 6.07) is 3.31. The van der Waals surface area contributed by atoms with Crippen LogP contribution in [-0.2, 0) is 0 Å². The van der Waals surface area contributed by atoms with Crippen LogP contribution in [0.3, 0.4) is 0 Å². The Morgan fingerprint density at radius 3 is 2.75 bits per heavy atom. The number of halogens is 1. The normalized spacial score (nSPS) is 22.4. The Bertz CT molecular complexity index is 473. The standard InChI is InChI=1S/C16H21ClO3/c1-3-11-6-4-5-7-14(11)20-16-12(10-18)8-13(17)9-15(16)19-2/h8-11,14H,3-7H2,1-2H3. The molecule has 0 bridgehead atoms. The lowest BCUT2D eigenvalue weighted by atomic mass is 9.84. The van der Waals surface area contributed by atoms with Crippen LogP contribution in [0.1, 0.15) is 49.4 Å². The summed E-state index contributed by atoms with van der Waals surface area (Å²) in [7, 11) is 1.56. The number of ether oxygens (including phenoxy) is 2. The van der Waals surface area contributed by atoms with Crippen LogP contribution in [-0.4, -0.2) is 19.5 Å². The van der Waals surface area contributed by atoms with Gasteiger partial charge in [0.05, 0.1) is 12.7 Å². The van der Waals surface area contributed by atoms with Crippen LogP contribution in [0.4, 0.5) is 0 Å².